The maximum Gasteiger partial charge on any atom is 0.586 e. The summed E-state index contributed by atoms with van der Waals surface area (Å²) < 4.78 is 45.6. The zero-order valence-electron chi connectivity index (χ0n) is 13.7. The highest BCUT2D eigenvalue weighted by Gasteiger charge is 2.43. The molecule has 0 saturated heterocycles. The topological polar surface area (TPSA) is 78.1 Å². The average Bonchev–Trinajstić information content (AvgIpc) is 2.93. The van der Waals surface area contributed by atoms with Gasteiger partial charge in [0.25, 0.3) is 0 Å². The van der Waals surface area contributed by atoms with Gasteiger partial charge in [0.05, 0.1) is 17.3 Å². The van der Waals surface area contributed by atoms with Gasteiger partial charge in [0.1, 0.15) is 13.2 Å². The van der Waals surface area contributed by atoms with Gasteiger partial charge in [-0.2, -0.15) is 0 Å². The Kier molecular flexibility index (Phi) is 4.31. The minimum atomic E-state index is -3.69. The number of anilines is 2. The second-order valence-corrected chi connectivity index (χ2v) is 6.11. The fourth-order valence-corrected chi connectivity index (χ4v) is 2.80. The van der Waals surface area contributed by atoms with Crippen molar-refractivity contribution in [2.45, 2.75) is 6.29 Å². The van der Waals surface area contributed by atoms with Crippen LogP contribution in [0.1, 0.15) is 0 Å². The molecule has 0 radical (unpaired) electrons. The van der Waals surface area contributed by atoms with Crippen LogP contribution in [-0.4, -0.2) is 32.0 Å². The van der Waals surface area contributed by atoms with Gasteiger partial charge in [-0.3, -0.25) is 4.79 Å². The van der Waals surface area contributed by atoms with E-state index in [0.29, 0.717) is 41.1 Å². The van der Waals surface area contributed by atoms with Crippen LogP contribution in [0.3, 0.4) is 0 Å². The Morgan fingerprint density at radius 1 is 1.04 bits per heavy atom. The number of nitrogens with one attached hydrogen (secondary N) is 2. The average molecular weight is 399 g/mol. The first kappa shape index (κ1) is 17.5. The van der Waals surface area contributed by atoms with Crippen molar-refractivity contribution in [1.82, 2.24) is 0 Å². The maximum absolute atomic E-state index is 13.0. The van der Waals surface area contributed by atoms with Crippen molar-refractivity contribution in [2.24, 2.45) is 0 Å². The molecule has 2 aromatic carbocycles. The summed E-state index contributed by atoms with van der Waals surface area (Å²) in [7, 11) is 0. The molecule has 0 aromatic heterocycles. The Bertz CT molecular complexity index is 909. The van der Waals surface area contributed by atoms with Crippen molar-refractivity contribution in [2.75, 3.05) is 30.4 Å². The predicted molar refractivity (Wildman–Crippen MR) is 92.2 cm³/mol. The molecule has 0 spiro atoms. The van der Waals surface area contributed by atoms with E-state index in [2.05, 4.69) is 20.1 Å². The van der Waals surface area contributed by atoms with Crippen molar-refractivity contribution in [3.8, 4) is 23.0 Å². The molecule has 2 heterocycles. The molecule has 0 aliphatic carbocycles. The molecule has 0 saturated carbocycles. The summed E-state index contributed by atoms with van der Waals surface area (Å²) in [6, 6.07) is 7.29. The van der Waals surface area contributed by atoms with Gasteiger partial charge in [-0.15, -0.1) is 8.78 Å². The number of halogens is 3. The molecule has 1 amide bonds. The highest BCUT2D eigenvalue weighted by atomic mass is 35.5. The summed E-state index contributed by atoms with van der Waals surface area (Å²) in [4.78, 5) is 12.2. The lowest BCUT2D eigenvalue weighted by molar-refractivity contribution is -0.286. The van der Waals surface area contributed by atoms with Gasteiger partial charge in [-0.25, -0.2) is 0 Å². The smallest absolute Gasteiger partial charge is 0.486 e. The Labute approximate surface area is 157 Å². The Hall–Kier alpha value is -2.94. The van der Waals surface area contributed by atoms with E-state index in [1.165, 1.54) is 18.2 Å². The van der Waals surface area contributed by atoms with E-state index in [9.17, 15) is 13.6 Å². The van der Waals surface area contributed by atoms with Crippen molar-refractivity contribution in [1.29, 1.82) is 0 Å². The molecule has 4 rings (SSSR count). The lowest BCUT2D eigenvalue weighted by Gasteiger charge is -2.20. The van der Waals surface area contributed by atoms with Crippen LogP contribution >= 0.6 is 11.6 Å². The fraction of sp³-hybridized carbons (Fsp3) is 0.235. The van der Waals surface area contributed by atoms with Crippen LogP contribution in [0.5, 0.6) is 23.0 Å². The number of alkyl halides is 2. The van der Waals surface area contributed by atoms with Crippen LogP contribution < -0.4 is 29.6 Å². The van der Waals surface area contributed by atoms with Crippen LogP contribution in [0.25, 0.3) is 0 Å². The van der Waals surface area contributed by atoms with Gasteiger partial charge in [0, 0.05) is 23.9 Å². The minimum Gasteiger partial charge on any atom is -0.486 e. The minimum absolute atomic E-state index is 0.0712. The molecule has 7 nitrogen and oxygen atoms in total. The van der Waals surface area contributed by atoms with E-state index in [1.54, 1.807) is 12.1 Å². The highest BCUT2D eigenvalue weighted by Crippen LogP contribution is 2.42. The summed E-state index contributed by atoms with van der Waals surface area (Å²) in [5.41, 5.74) is 0.788. The molecule has 10 heteroatoms. The molecule has 0 fully saturated rings. The van der Waals surface area contributed by atoms with Crippen molar-refractivity contribution in [3.05, 3.63) is 35.4 Å². The van der Waals surface area contributed by atoms with Gasteiger partial charge in [0.2, 0.25) is 5.91 Å². The fourth-order valence-electron chi connectivity index (χ4n) is 2.60. The quantitative estimate of drug-likeness (QED) is 0.821. The second kappa shape index (κ2) is 6.66. The van der Waals surface area contributed by atoms with Gasteiger partial charge < -0.3 is 29.6 Å². The van der Waals surface area contributed by atoms with Gasteiger partial charge in [-0.05, 0) is 12.1 Å². The number of fused-ring (bicyclic) bond motifs is 2. The Morgan fingerprint density at radius 2 is 1.74 bits per heavy atom. The van der Waals surface area contributed by atoms with E-state index in [0.717, 1.165) is 0 Å². The van der Waals surface area contributed by atoms with E-state index < -0.39 is 12.2 Å². The van der Waals surface area contributed by atoms with Crippen molar-refractivity contribution < 1.29 is 32.5 Å². The van der Waals surface area contributed by atoms with Gasteiger partial charge in [-0.1, -0.05) is 11.6 Å². The van der Waals surface area contributed by atoms with Gasteiger partial charge >= 0.3 is 6.29 Å². The number of ether oxygens (including phenoxy) is 4. The lowest BCUT2D eigenvalue weighted by Crippen LogP contribution is -2.25. The largest absolute Gasteiger partial charge is 0.586 e. The molecule has 2 aliphatic heterocycles. The maximum atomic E-state index is 13.0. The molecule has 0 atom stereocenters. The summed E-state index contributed by atoms with van der Waals surface area (Å²) in [6.45, 7) is 0.716. The van der Waals surface area contributed by atoms with E-state index in [1.807, 2.05) is 0 Å². The summed E-state index contributed by atoms with van der Waals surface area (Å²) in [5.74, 6) is 0.431. The number of rotatable bonds is 4. The zero-order chi connectivity index (χ0) is 19.0. The number of carbonyl (C=O) groups excluding carboxylic acids is 1. The summed E-state index contributed by atoms with van der Waals surface area (Å²) in [5, 5.41) is 5.77. The number of hydrogen-bond donors (Lipinski definition) is 2. The van der Waals surface area contributed by atoms with E-state index in [4.69, 9.17) is 21.1 Å². The summed E-state index contributed by atoms with van der Waals surface area (Å²) in [6.07, 6.45) is -3.69. The molecular formula is C17H13ClF2N2O5. The molecule has 2 N–H and O–H groups in total. The monoisotopic (exact) mass is 398 g/mol. The SMILES string of the molecule is O=C(CNc1ccc2c(c1)OC(F)(F)O2)Nc1cc2c(cc1Cl)OCCO2. The van der Waals surface area contributed by atoms with Gasteiger partial charge in [0.15, 0.2) is 23.0 Å². The first-order chi connectivity index (χ1) is 12.9. The molecule has 0 bridgehead atoms. The number of hydrogen-bond acceptors (Lipinski definition) is 6. The number of benzene rings is 2. The first-order valence-electron chi connectivity index (χ1n) is 7.92. The molecule has 2 aliphatic rings. The lowest BCUT2D eigenvalue weighted by atomic mass is 10.2. The van der Waals surface area contributed by atoms with Crippen LogP contribution in [0.15, 0.2) is 30.3 Å². The standard InChI is InChI=1S/C17H13ClF2N2O5/c18-10-6-13-14(25-4-3-24-13)7-11(10)22-16(23)8-21-9-1-2-12-15(5-9)27-17(19,20)26-12/h1-2,5-7,21H,3-4,8H2,(H,22,23). The normalized spacial score (nSPS) is 16.0. The summed E-state index contributed by atoms with van der Waals surface area (Å²) >= 11 is 6.14. The van der Waals surface area contributed by atoms with Crippen LogP contribution in [0, 0.1) is 0 Å². The molecular weight excluding hydrogens is 386 g/mol. The third-order valence-corrected chi connectivity index (χ3v) is 4.07. The van der Waals surface area contributed by atoms with Crippen LogP contribution in [-0.2, 0) is 4.79 Å². The molecule has 142 valence electrons. The van der Waals surface area contributed by atoms with E-state index in [-0.39, 0.29) is 18.0 Å². The van der Waals surface area contributed by atoms with Crippen molar-refractivity contribution >= 4 is 28.9 Å². The van der Waals surface area contributed by atoms with Crippen molar-refractivity contribution in [3.63, 3.8) is 0 Å². The Morgan fingerprint density at radius 3 is 2.52 bits per heavy atom. The second-order valence-electron chi connectivity index (χ2n) is 5.71. The van der Waals surface area contributed by atoms with Crippen LogP contribution in [0.2, 0.25) is 5.02 Å². The number of amides is 1. The number of carbonyl (C=O) groups is 1. The zero-order valence-corrected chi connectivity index (χ0v) is 14.4. The predicted octanol–water partition coefficient (Wildman–Crippen LogP) is 3.48. The third kappa shape index (κ3) is 3.77. The molecule has 27 heavy (non-hydrogen) atoms. The highest BCUT2D eigenvalue weighted by molar-refractivity contribution is 6.34. The van der Waals surface area contributed by atoms with Crippen LogP contribution in [0.4, 0.5) is 20.2 Å². The molecule has 2 aromatic rings. The molecule has 0 unspecified atom stereocenters. The first-order valence-corrected chi connectivity index (χ1v) is 8.30. The van der Waals surface area contributed by atoms with E-state index >= 15 is 0 Å². The third-order valence-electron chi connectivity index (χ3n) is 3.76. The Balaban J connectivity index is 1.38.